The van der Waals surface area contributed by atoms with Crippen LogP contribution >= 0.6 is 0 Å². The normalized spacial score (nSPS) is 27.2. The van der Waals surface area contributed by atoms with E-state index in [4.69, 9.17) is 13.7 Å². The third-order valence-electron chi connectivity index (χ3n) is 10.7. The fourth-order valence-electron chi connectivity index (χ4n) is 7.71. The lowest BCUT2D eigenvalue weighted by atomic mass is 9.69. The summed E-state index contributed by atoms with van der Waals surface area (Å²) in [5.41, 5.74) is 1.35. The SMILES string of the molecule is CCCC[C@]1(CC)CS(=O)(=O)c2ccc(N(C)C)cc2[C@H](c2cccc(NC(=O)N[C@@H]3O[C@H](CS(=O)(=O)O)[C@@H](OS(=O)(=O)O)[C@H](OCc4ccccc4)[C@H]3O)c2)[C@@H]1O. The Kier molecular flexibility index (Phi) is 14.3. The number of amides is 2. The molecule has 0 aliphatic carbocycles. The van der Waals surface area contributed by atoms with Crippen molar-refractivity contribution in [2.75, 3.05) is 35.8 Å². The minimum absolute atomic E-state index is 0.105. The maximum Gasteiger partial charge on any atom is 0.397 e. The summed E-state index contributed by atoms with van der Waals surface area (Å²) in [6.45, 7) is 3.60. The standard InChI is InChI=1S/C38H51N3O14S3/c1-5-7-18-38(6-2)23-56(45,46)30-17-16-27(41(3)4)20-28(30)31(35(38)43)25-14-11-15-26(19-25)39-37(44)40-36-32(42)34(53-21-24-12-9-8-10-13-24)33(55-58(50,51)52)29(54-36)22-57(47,48)49/h8-17,19-20,29,31-36,42-43H,5-7,18,21-23H2,1-4H3,(H2,39,40,44)(H,47,48,49)(H,50,51,52)/t29-,31+,32-,33-,34-,35+,36-,38-/m1/s1. The number of sulfone groups is 1. The lowest BCUT2D eigenvalue weighted by molar-refractivity contribution is -0.230. The summed E-state index contributed by atoms with van der Waals surface area (Å²) in [5, 5.41) is 28.7. The van der Waals surface area contributed by atoms with Gasteiger partial charge in [0.25, 0.3) is 10.1 Å². The molecule has 320 valence electrons. The van der Waals surface area contributed by atoms with Crippen LogP contribution in [0, 0.1) is 5.41 Å². The van der Waals surface area contributed by atoms with Gasteiger partial charge in [-0.1, -0.05) is 69.2 Å². The Morgan fingerprint density at radius 2 is 1.67 bits per heavy atom. The van der Waals surface area contributed by atoms with Crippen molar-refractivity contribution < 1.29 is 63.0 Å². The minimum atomic E-state index is -5.30. The molecule has 2 amide bonds. The van der Waals surface area contributed by atoms with E-state index in [0.29, 0.717) is 41.6 Å². The molecule has 0 aromatic heterocycles. The van der Waals surface area contributed by atoms with Crippen LogP contribution < -0.4 is 15.5 Å². The summed E-state index contributed by atoms with van der Waals surface area (Å²) < 4.78 is 111. The van der Waals surface area contributed by atoms with Gasteiger partial charge in [0.2, 0.25) is 0 Å². The van der Waals surface area contributed by atoms with E-state index in [1.807, 2.05) is 32.8 Å². The highest BCUT2D eigenvalue weighted by Crippen LogP contribution is 2.49. The molecule has 2 aliphatic heterocycles. The van der Waals surface area contributed by atoms with Crippen LogP contribution in [-0.4, -0.2) is 113 Å². The molecule has 1 fully saturated rings. The molecule has 6 N–H and O–H groups in total. The van der Waals surface area contributed by atoms with Crippen molar-refractivity contribution in [1.29, 1.82) is 0 Å². The van der Waals surface area contributed by atoms with Crippen molar-refractivity contribution in [1.82, 2.24) is 5.32 Å². The van der Waals surface area contributed by atoms with Crippen LogP contribution in [0.25, 0.3) is 0 Å². The number of nitrogens with one attached hydrogen (secondary N) is 2. The monoisotopic (exact) mass is 869 g/mol. The Balaban J connectivity index is 1.47. The number of fused-ring (bicyclic) bond motifs is 1. The molecule has 5 rings (SSSR count). The second-order valence-corrected chi connectivity index (χ2v) is 19.4. The van der Waals surface area contributed by atoms with Gasteiger partial charge in [0.1, 0.15) is 30.2 Å². The summed E-state index contributed by atoms with van der Waals surface area (Å²) in [6.07, 6.45) is -8.21. The Bertz CT molecular complexity index is 2240. The number of nitrogens with zero attached hydrogens (tertiary/aromatic N) is 1. The second-order valence-electron chi connectivity index (χ2n) is 14.9. The van der Waals surface area contributed by atoms with Crippen molar-refractivity contribution in [3.63, 3.8) is 0 Å². The number of rotatable bonds is 15. The first-order valence-electron chi connectivity index (χ1n) is 18.7. The number of hydrogen-bond acceptors (Lipinski definition) is 13. The average Bonchev–Trinajstić information content (AvgIpc) is 3.21. The number of hydrogen-bond donors (Lipinski definition) is 6. The molecule has 3 aromatic carbocycles. The van der Waals surface area contributed by atoms with E-state index in [0.717, 1.165) is 6.42 Å². The fourth-order valence-corrected chi connectivity index (χ4v) is 11.2. The molecule has 1 saturated heterocycles. The molecule has 0 radical (unpaired) electrons. The van der Waals surface area contributed by atoms with Crippen molar-refractivity contribution in [3.05, 3.63) is 89.5 Å². The molecule has 0 spiro atoms. The highest BCUT2D eigenvalue weighted by atomic mass is 32.3. The van der Waals surface area contributed by atoms with Gasteiger partial charge in [-0.15, -0.1) is 0 Å². The molecule has 2 aliphatic rings. The van der Waals surface area contributed by atoms with Crippen molar-refractivity contribution in [2.45, 2.75) is 93.7 Å². The van der Waals surface area contributed by atoms with E-state index in [9.17, 15) is 49.4 Å². The molecule has 20 heteroatoms. The van der Waals surface area contributed by atoms with Crippen molar-refractivity contribution >= 4 is 47.8 Å². The van der Waals surface area contributed by atoms with Crippen LogP contribution in [0.2, 0.25) is 0 Å². The Labute approximate surface area is 339 Å². The number of urea groups is 1. The largest absolute Gasteiger partial charge is 0.397 e. The highest BCUT2D eigenvalue weighted by molar-refractivity contribution is 7.91. The topological polar surface area (TPSA) is 255 Å². The number of carbonyl (C=O) groups excluding carboxylic acids is 1. The zero-order valence-corrected chi connectivity index (χ0v) is 34.9. The smallest absolute Gasteiger partial charge is 0.392 e. The van der Waals surface area contributed by atoms with E-state index in [1.54, 1.807) is 66.7 Å². The van der Waals surface area contributed by atoms with Gasteiger partial charge in [-0.3, -0.25) is 9.11 Å². The summed E-state index contributed by atoms with van der Waals surface area (Å²) in [6, 6.07) is 18.9. The third kappa shape index (κ3) is 10.9. The van der Waals surface area contributed by atoms with Crippen LogP contribution in [0.1, 0.15) is 62.1 Å². The lowest BCUT2D eigenvalue weighted by Crippen LogP contribution is -2.65. The molecule has 0 saturated carbocycles. The van der Waals surface area contributed by atoms with Gasteiger partial charge in [-0.2, -0.15) is 16.8 Å². The molecule has 2 heterocycles. The predicted molar refractivity (Wildman–Crippen MR) is 214 cm³/mol. The van der Waals surface area contributed by atoms with Crippen molar-refractivity contribution in [3.8, 4) is 0 Å². The minimum Gasteiger partial charge on any atom is -0.392 e. The van der Waals surface area contributed by atoms with Crippen LogP contribution in [0.5, 0.6) is 0 Å². The second kappa shape index (κ2) is 18.3. The predicted octanol–water partition coefficient (Wildman–Crippen LogP) is 3.49. The maximum absolute atomic E-state index is 14.1. The number of benzene rings is 3. The third-order valence-corrected chi connectivity index (χ3v) is 13.9. The fraction of sp³-hybridized carbons (Fsp3) is 0.500. The van der Waals surface area contributed by atoms with Gasteiger partial charge in [-0.05, 0) is 59.9 Å². The first-order valence-corrected chi connectivity index (χ1v) is 23.3. The Hall–Kier alpha value is -3.70. The summed E-state index contributed by atoms with van der Waals surface area (Å²) in [5.74, 6) is -2.38. The molecule has 17 nitrogen and oxygen atoms in total. The molecule has 8 atom stereocenters. The Morgan fingerprint density at radius 1 is 0.966 bits per heavy atom. The molecule has 3 aromatic rings. The summed E-state index contributed by atoms with van der Waals surface area (Å²) in [4.78, 5) is 15.5. The number of aliphatic hydroxyl groups is 2. The zero-order valence-electron chi connectivity index (χ0n) is 32.5. The number of unbranched alkanes of at least 4 members (excludes halogenated alkanes) is 1. The maximum atomic E-state index is 14.1. The number of aliphatic hydroxyl groups excluding tert-OH is 2. The van der Waals surface area contributed by atoms with E-state index in [-0.39, 0.29) is 22.9 Å². The first-order chi connectivity index (χ1) is 27.2. The van der Waals surface area contributed by atoms with Crippen LogP contribution in [0.15, 0.2) is 77.7 Å². The van der Waals surface area contributed by atoms with Gasteiger partial charge in [-0.25, -0.2) is 17.4 Å². The van der Waals surface area contributed by atoms with Crippen molar-refractivity contribution in [2.24, 2.45) is 5.41 Å². The summed E-state index contributed by atoms with van der Waals surface area (Å²) in [7, 11) is -10.4. The highest BCUT2D eigenvalue weighted by Gasteiger charge is 2.51. The van der Waals surface area contributed by atoms with Gasteiger partial charge in [0.15, 0.2) is 16.1 Å². The number of anilines is 2. The number of carbonyl (C=O) groups is 1. The zero-order chi connectivity index (χ0) is 42.6. The summed E-state index contributed by atoms with van der Waals surface area (Å²) >= 11 is 0. The van der Waals surface area contributed by atoms with Crippen LogP contribution in [0.4, 0.5) is 16.2 Å². The van der Waals surface area contributed by atoms with Gasteiger partial charge in [0, 0.05) is 36.8 Å². The molecular formula is C38H51N3O14S3. The van der Waals surface area contributed by atoms with Gasteiger partial charge < -0.3 is 35.2 Å². The first kappa shape index (κ1) is 45.4. The average molecular weight is 870 g/mol. The van der Waals surface area contributed by atoms with Gasteiger partial charge >= 0.3 is 16.4 Å². The van der Waals surface area contributed by atoms with E-state index in [2.05, 4.69) is 10.6 Å². The quantitative estimate of drug-likeness (QED) is 0.120. The molecular weight excluding hydrogens is 819 g/mol. The van der Waals surface area contributed by atoms with Crippen LogP contribution in [-0.2, 0) is 50.6 Å². The van der Waals surface area contributed by atoms with E-state index < -0.39 is 90.2 Å². The van der Waals surface area contributed by atoms with Gasteiger partial charge in [0.05, 0.1) is 23.4 Å². The van der Waals surface area contributed by atoms with Crippen LogP contribution in [0.3, 0.4) is 0 Å². The Morgan fingerprint density at radius 3 is 2.29 bits per heavy atom. The van der Waals surface area contributed by atoms with E-state index in [1.165, 1.54) is 6.07 Å². The molecule has 0 bridgehead atoms. The molecule has 0 unspecified atom stereocenters. The van der Waals surface area contributed by atoms with E-state index >= 15 is 0 Å². The molecule has 58 heavy (non-hydrogen) atoms. The lowest BCUT2D eigenvalue weighted by Gasteiger charge is -2.43. The number of ether oxygens (including phenoxy) is 2.